The van der Waals surface area contributed by atoms with Crippen molar-refractivity contribution >= 4 is 18.6 Å². The molecule has 11 heavy (non-hydrogen) atoms. The summed E-state index contributed by atoms with van der Waals surface area (Å²) < 4.78 is 0. The number of hydrogen-bond acceptors (Lipinski definition) is 0. The van der Waals surface area contributed by atoms with Crippen molar-refractivity contribution in [2.45, 2.75) is 20.8 Å². The molecule has 0 bridgehead atoms. The van der Waals surface area contributed by atoms with Crippen LogP contribution in [0.25, 0.3) is 0 Å². The van der Waals surface area contributed by atoms with Crippen LogP contribution in [0.4, 0.5) is 0 Å². The molecule has 1 aliphatic carbocycles. The van der Waals surface area contributed by atoms with Gasteiger partial charge in [-0.15, -0.1) is 0 Å². The Hall–Kier alpha value is 0.774. The SMILES string of the molecule is CC1=C[CH]C(C)=C1C.[Cl][Ti][Cl]. The molecule has 0 spiro atoms. The van der Waals surface area contributed by atoms with E-state index in [0.29, 0.717) is 0 Å². The van der Waals surface area contributed by atoms with E-state index in [9.17, 15) is 0 Å². The fourth-order valence-electron chi connectivity index (χ4n) is 0.811. The van der Waals surface area contributed by atoms with Gasteiger partial charge in [0, 0.05) is 6.42 Å². The molecule has 1 radical (unpaired) electrons. The van der Waals surface area contributed by atoms with Gasteiger partial charge >= 0.3 is 35.6 Å². The third-order valence-corrected chi connectivity index (χ3v) is 1.77. The Morgan fingerprint density at radius 3 is 1.73 bits per heavy atom. The van der Waals surface area contributed by atoms with Crippen LogP contribution in [0.5, 0.6) is 0 Å². The predicted molar refractivity (Wildman–Crippen MR) is 48.1 cm³/mol. The maximum atomic E-state index is 4.89. The third kappa shape index (κ3) is 4.37. The molecule has 0 N–H and O–H groups in total. The van der Waals surface area contributed by atoms with Crippen molar-refractivity contribution < 1.29 is 17.0 Å². The average Bonchev–Trinajstić information content (AvgIpc) is 2.22. The van der Waals surface area contributed by atoms with Crippen LogP contribution >= 0.6 is 18.6 Å². The van der Waals surface area contributed by atoms with Gasteiger partial charge in [-0.2, -0.15) is 0 Å². The first-order chi connectivity index (χ1) is 5.13. The van der Waals surface area contributed by atoms with Gasteiger partial charge in [0.15, 0.2) is 0 Å². The predicted octanol–water partition coefficient (Wildman–Crippen LogP) is 3.86. The van der Waals surface area contributed by atoms with Gasteiger partial charge in [-0.05, 0) is 26.3 Å². The summed E-state index contributed by atoms with van der Waals surface area (Å²) in [6.45, 7) is 6.44. The van der Waals surface area contributed by atoms with E-state index in [-0.39, 0.29) is 0 Å². The van der Waals surface area contributed by atoms with Crippen LogP contribution in [0.2, 0.25) is 0 Å². The fourth-order valence-corrected chi connectivity index (χ4v) is 0.811. The molecule has 0 aromatic rings. The zero-order valence-corrected chi connectivity index (χ0v) is 9.98. The van der Waals surface area contributed by atoms with Crippen LogP contribution in [-0.4, -0.2) is 0 Å². The Labute approximate surface area is 85.3 Å². The molecule has 0 aromatic heterocycles. The summed E-state index contributed by atoms with van der Waals surface area (Å²) in [6.07, 6.45) is 4.31. The van der Waals surface area contributed by atoms with Crippen molar-refractivity contribution in [3.05, 3.63) is 29.2 Å². The molecule has 1 aliphatic rings. The minimum absolute atomic E-state index is 0.556. The second-order valence-corrected chi connectivity index (χ2v) is 4.97. The Morgan fingerprint density at radius 1 is 1.18 bits per heavy atom. The second-order valence-electron chi connectivity index (χ2n) is 2.40. The quantitative estimate of drug-likeness (QED) is 0.550. The Kier molecular flexibility index (Phi) is 6.75. The summed E-state index contributed by atoms with van der Waals surface area (Å²) >= 11 is -0.556. The van der Waals surface area contributed by atoms with Gasteiger partial charge in [0.1, 0.15) is 0 Å². The number of rotatable bonds is 0. The van der Waals surface area contributed by atoms with Crippen molar-refractivity contribution in [2.75, 3.05) is 0 Å². The summed E-state index contributed by atoms with van der Waals surface area (Å²) in [7, 11) is 9.78. The van der Waals surface area contributed by atoms with E-state index in [1.54, 1.807) is 0 Å². The molecule has 0 aliphatic heterocycles. The van der Waals surface area contributed by atoms with E-state index in [1.165, 1.54) is 16.7 Å². The molecular formula is C8H11Cl2Ti. The van der Waals surface area contributed by atoms with Gasteiger partial charge < -0.3 is 0 Å². The van der Waals surface area contributed by atoms with E-state index in [0.717, 1.165) is 0 Å². The van der Waals surface area contributed by atoms with Crippen LogP contribution < -0.4 is 0 Å². The van der Waals surface area contributed by atoms with E-state index in [2.05, 4.69) is 33.3 Å². The Morgan fingerprint density at radius 2 is 1.64 bits per heavy atom. The van der Waals surface area contributed by atoms with Crippen molar-refractivity contribution in [1.29, 1.82) is 0 Å². The second kappa shape index (κ2) is 6.31. The van der Waals surface area contributed by atoms with Crippen LogP contribution in [0.1, 0.15) is 20.8 Å². The monoisotopic (exact) mass is 225 g/mol. The summed E-state index contributed by atoms with van der Waals surface area (Å²) in [6, 6.07) is 0. The van der Waals surface area contributed by atoms with E-state index < -0.39 is 17.0 Å². The fraction of sp³-hybridized carbons (Fsp3) is 0.375. The van der Waals surface area contributed by atoms with Gasteiger partial charge in [-0.25, -0.2) is 0 Å². The molecule has 0 saturated carbocycles. The number of hydrogen-bond donors (Lipinski definition) is 0. The van der Waals surface area contributed by atoms with Gasteiger partial charge in [0.2, 0.25) is 0 Å². The first-order valence-corrected chi connectivity index (χ1v) is 7.59. The summed E-state index contributed by atoms with van der Waals surface area (Å²) in [5.41, 5.74) is 4.25. The zero-order valence-electron chi connectivity index (χ0n) is 6.91. The van der Waals surface area contributed by atoms with Crippen LogP contribution in [0, 0.1) is 6.42 Å². The molecule has 0 unspecified atom stereocenters. The molecule has 0 aromatic carbocycles. The standard InChI is InChI=1S/C8H11.2ClH.Ti/c1-6-4-5-7(2)8(6)3;;;/h4-5H,1-3H3;2*1H;/q;;;+2/p-2. The van der Waals surface area contributed by atoms with Crippen LogP contribution in [-0.2, 0) is 17.0 Å². The van der Waals surface area contributed by atoms with Crippen LogP contribution in [0.3, 0.4) is 0 Å². The molecule has 61 valence electrons. The van der Waals surface area contributed by atoms with Crippen molar-refractivity contribution in [3.8, 4) is 0 Å². The van der Waals surface area contributed by atoms with Gasteiger partial charge in [-0.3, -0.25) is 0 Å². The van der Waals surface area contributed by atoms with Crippen LogP contribution in [0.15, 0.2) is 22.8 Å². The van der Waals surface area contributed by atoms with Gasteiger partial charge in [0.05, 0.1) is 0 Å². The van der Waals surface area contributed by atoms with E-state index in [4.69, 9.17) is 18.6 Å². The third-order valence-electron chi connectivity index (χ3n) is 1.77. The molecule has 0 fully saturated rings. The molecule has 0 amide bonds. The van der Waals surface area contributed by atoms with Crippen molar-refractivity contribution in [1.82, 2.24) is 0 Å². The first kappa shape index (κ1) is 11.8. The Bertz CT molecular complexity index is 177. The normalized spacial score (nSPS) is 15.5. The summed E-state index contributed by atoms with van der Waals surface area (Å²) in [5, 5.41) is 0. The summed E-state index contributed by atoms with van der Waals surface area (Å²) in [4.78, 5) is 0. The minimum atomic E-state index is -0.556. The average molecular weight is 226 g/mol. The number of halogens is 2. The first-order valence-electron chi connectivity index (χ1n) is 3.29. The van der Waals surface area contributed by atoms with E-state index in [1.807, 2.05) is 0 Å². The number of allylic oxidation sites excluding steroid dienone is 4. The maximum absolute atomic E-state index is 4.89. The topological polar surface area (TPSA) is 0 Å². The molecule has 0 atom stereocenters. The molecule has 0 heterocycles. The van der Waals surface area contributed by atoms with Crippen molar-refractivity contribution in [2.24, 2.45) is 0 Å². The molecule has 0 saturated heterocycles. The molecular weight excluding hydrogens is 215 g/mol. The zero-order chi connectivity index (χ0) is 8.85. The molecule has 1 rings (SSSR count). The Balaban J connectivity index is 0.000000292. The van der Waals surface area contributed by atoms with Crippen molar-refractivity contribution in [3.63, 3.8) is 0 Å². The molecule has 3 heteroatoms. The summed E-state index contributed by atoms with van der Waals surface area (Å²) in [5.74, 6) is 0. The van der Waals surface area contributed by atoms with E-state index >= 15 is 0 Å². The molecule has 0 nitrogen and oxygen atoms in total. The van der Waals surface area contributed by atoms with Gasteiger partial charge in [-0.1, -0.05) is 17.2 Å². The van der Waals surface area contributed by atoms with Gasteiger partial charge in [0.25, 0.3) is 0 Å².